The second kappa shape index (κ2) is 8.58. The molecule has 2 aromatic carbocycles. The first-order valence-electron chi connectivity index (χ1n) is 7.92. The van der Waals surface area contributed by atoms with Crippen LogP contribution in [-0.2, 0) is 12.8 Å². The van der Waals surface area contributed by atoms with Gasteiger partial charge in [0, 0.05) is 0 Å². The van der Waals surface area contributed by atoms with Crippen LogP contribution in [0.4, 0.5) is 0 Å². The molecule has 2 aromatic rings. The van der Waals surface area contributed by atoms with E-state index in [-0.39, 0.29) is 0 Å². The molecule has 0 bridgehead atoms. The molecule has 0 saturated heterocycles. The Morgan fingerprint density at radius 1 is 0.700 bits per heavy atom. The van der Waals surface area contributed by atoms with Gasteiger partial charge in [-0.15, -0.1) is 0 Å². The summed E-state index contributed by atoms with van der Waals surface area (Å²) in [5.41, 5.74) is 2.95. The van der Waals surface area contributed by atoms with Crippen LogP contribution >= 0.6 is 0 Å². The fraction of sp³-hybridized carbons (Fsp3) is 0.400. The van der Waals surface area contributed by atoms with Gasteiger partial charge in [0.2, 0.25) is 0 Å². The van der Waals surface area contributed by atoms with E-state index in [1.807, 2.05) is 0 Å². The fourth-order valence-corrected chi connectivity index (χ4v) is 2.76. The zero-order chi connectivity index (χ0) is 14.0. The molecule has 0 nitrogen and oxygen atoms in total. The number of hydrogen-bond acceptors (Lipinski definition) is 0. The topological polar surface area (TPSA) is 0 Å². The highest BCUT2D eigenvalue weighted by Crippen LogP contribution is 2.16. The second-order valence-electron chi connectivity index (χ2n) is 5.88. The molecular weight excluding hydrogens is 240 g/mol. The van der Waals surface area contributed by atoms with Gasteiger partial charge in [-0.3, -0.25) is 0 Å². The zero-order valence-electron chi connectivity index (χ0n) is 12.6. The lowest BCUT2D eigenvalue weighted by Gasteiger charge is -2.11. The SMILES string of the molecule is CC(CCCCCc1ccccc1)Cc1ccccc1. The van der Waals surface area contributed by atoms with E-state index in [9.17, 15) is 0 Å². The molecule has 0 aliphatic rings. The summed E-state index contributed by atoms with van der Waals surface area (Å²) >= 11 is 0. The molecule has 0 N–H and O–H groups in total. The van der Waals surface area contributed by atoms with Crippen LogP contribution in [0.5, 0.6) is 0 Å². The Morgan fingerprint density at radius 2 is 1.30 bits per heavy atom. The van der Waals surface area contributed by atoms with E-state index < -0.39 is 0 Å². The van der Waals surface area contributed by atoms with Crippen molar-refractivity contribution >= 4 is 0 Å². The molecule has 0 radical (unpaired) electrons. The first-order valence-corrected chi connectivity index (χ1v) is 7.92. The van der Waals surface area contributed by atoms with Gasteiger partial charge in [0.15, 0.2) is 0 Å². The summed E-state index contributed by atoms with van der Waals surface area (Å²) < 4.78 is 0. The smallest absolute Gasteiger partial charge is 0.0253 e. The molecule has 0 aliphatic heterocycles. The van der Waals surface area contributed by atoms with Crippen molar-refractivity contribution in [3.8, 4) is 0 Å². The van der Waals surface area contributed by atoms with Gasteiger partial charge in [-0.1, -0.05) is 86.8 Å². The van der Waals surface area contributed by atoms with Crippen molar-refractivity contribution in [3.63, 3.8) is 0 Å². The van der Waals surface area contributed by atoms with Crippen molar-refractivity contribution in [1.82, 2.24) is 0 Å². The highest BCUT2D eigenvalue weighted by molar-refractivity contribution is 5.15. The van der Waals surface area contributed by atoms with E-state index in [4.69, 9.17) is 0 Å². The van der Waals surface area contributed by atoms with E-state index in [1.54, 1.807) is 0 Å². The largest absolute Gasteiger partial charge is 0.0622 e. The van der Waals surface area contributed by atoms with E-state index in [1.165, 1.54) is 49.7 Å². The van der Waals surface area contributed by atoms with Crippen LogP contribution < -0.4 is 0 Å². The summed E-state index contributed by atoms with van der Waals surface area (Å²) in [6.45, 7) is 2.38. The fourth-order valence-electron chi connectivity index (χ4n) is 2.76. The Hall–Kier alpha value is -1.56. The highest BCUT2D eigenvalue weighted by atomic mass is 14.1. The number of benzene rings is 2. The van der Waals surface area contributed by atoms with Crippen LogP contribution in [0, 0.1) is 5.92 Å². The molecule has 0 heterocycles. The minimum absolute atomic E-state index is 0.800. The van der Waals surface area contributed by atoms with Gasteiger partial charge in [0.25, 0.3) is 0 Å². The normalized spacial score (nSPS) is 12.2. The molecular formula is C20H26. The molecule has 0 saturated carbocycles. The summed E-state index contributed by atoms with van der Waals surface area (Å²) in [6, 6.07) is 21.7. The van der Waals surface area contributed by atoms with Crippen LogP contribution in [0.2, 0.25) is 0 Å². The molecule has 0 aliphatic carbocycles. The molecule has 0 fully saturated rings. The van der Waals surface area contributed by atoms with Gasteiger partial charge in [-0.05, 0) is 36.3 Å². The molecule has 1 unspecified atom stereocenters. The van der Waals surface area contributed by atoms with E-state index in [0.717, 1.165) is 5.92 Å². The van der Waals surface area contributed by atoms with E-state index in [2.05, 4.69) is 67.6 Å². The summed E-state index contributed by atoms with van der Waals surface area (Å²) in [4.78, 5) is 0. The van der Waals surface area contributed by atoms with Gasteiger partial charge < -0.3 is 0 Å². The lowest BCUT2D eigenvalue weighted by atomic mass is 9.95. The average molecular weight is 266 g/mol. The number of aryl methyl sites for hydroxylation is 1. The van der Waals surface area contributed by atoms with Crippen LogP contribution in [0.15, 0.2) is 60.7 Å². The summed E-state index contributed by atoms with van der Waals surface area (Å²) in [5, 5.41) is 0. The Morgan fingerprint density at radius 3 is 1.95 bits per heavy atom. The monoisotopic (exact) mass is 266 g/mol. The molecule has 106 valence electrons. The molecule has 2 rings (SSSR count). The lowest BCUT2D eigenvalue weighted by molar-refractivity contribution is 0.488. The maximum atomic E-state index is 2.38. The number of unbranched alkanes of at least 4 members (excludes halogenated alkanes) is 2. The lowest BCUT2D eigenvalue weighted by Crippen LogP contribution is -1.99. The molecule has 20 heavy (non-hydrogen) atoms. The Balaban J connectivity index is 1.57. The third-order valence-electron chi connectivity index (χ3n) is 3.93. The first kappa shape index (κ1) is 14.8. The van der Waals surface area contributed by atoms with Crippen LogP contribution in [0.25, 0.3) is 0 Å². The molecule has 0 aromatic heterocycles. The first-order chi connectivity index (χ1) is 9.84. The van der Waals surface area contributed by atoms with Crippen molar-refractivity contribution in [2.24, 2.45) is 5.92 Å². The maximum absolute atomic E-state index is 2.38. The van der Waals surface area contributed by atoms with E-state index >= 15 is 0 Å². The molecule has 0 spiro atoms. The quantitative estimate of drug-likeness (QED) is 0.540. The summed E-state index contributed by atoms with van der Waals surface area (Å²) in [7, 11) is 0. The van der Waals surface area contributed by atoms with Crippen molar-refractivity contribution in [1.29, 1.82) is 0 Å². The highest BCUT2D eigenvalue weighted by Gasteiger charge is 2.03. The molecule has 0 amide bonds. The average Bonchev–Trinajstić information content (AvgIpc) is 2.49. The molecule has 1 atom stereocenters. The third kappa shape index (κ3) is 5.61. The van der Waals surface area contributed by atoms with Gasteiger partial charge in [0.05, 0.1) is 0 Å². The van der Waals surface area contributed by atoms with Gasteiger partial charge >= 0.3 is 0 Å². The van der Waals surface area contributed by atoms with Crippen LogP contribution in [0.3, 0.4) is 0 Å². The Bertz CT molecular complexity index is 458. The minimum Gasteiger partial charge on any atom is -0.0622 e. The van der Waals surface area contributed by atoms with Crippen LogP contribution in [-0.4, -0.2) is 0 Å². The Labute approximate surface area is 123 Å². The number of hydrogen-bond donors (Lipinski definition) is 0. The maximum Gasteiger partial charge on any atom is -0.0253 e. The van der Waals surface area contributed by atoms with Gasteiger partial charge in [0.1, 0.15) is 0 Å². The van der Waals surface area contributed by atoms with Crippen molar-refractivity contribution < 1.29 is 0 Å². The standard InChI is InChI=1S/C20H26/c1-18(17-20-15-9-4-10-16-20)11-5-2-6-12-19-13-7-3-8-14-19/h3-4,7-10,13-16,18H,2,5-6,11-12,17H2,1H3. The van der Waals surface area contributed by atoms with Crippen molar-refractivity contribution in [3.05, 3.63) is 71.8 Å². The molecule has 0 heteroatoms. The third-order valence-corrected chi connectivity index (χ3v) is 3.93. The zero-order valence-corrected chi connectivity index (χ0v) is 12.6. The number of rotatable bonds is 8. The predicted octanol–water partition coefficient (Wildman–Crippen LogP) is 5.67. The van der Waals surface area contributed by atoms with Crippen LogP contribution in [0.1, 0.15) is 43.7 Å². The van der Waals surface area contributed by atoms with E-state index in [0.29, 0.717) is 0 Å². The van der Waals surface area contributed by atoms with Crippen molar-refractivity contribution in [2.45, 2.75) is 45.4 Å². The van der Waals surface area contributed by atoms with Crippen molar-refractivity contribution in [2.75, 3.05) is 0 Å². The van der Waals surface area contributed by atoms with Gasteiger partial charge in [-0.2, -0.15) is 0 Å². The van der Waals surface area contributed by atoms with Gasteiger partial charge in [-0.25, -0.2) is 0 Å². The Kier molecular flexibility index (Phi) is 6.37. The minimum atomic E-state index is 0.800. The summed E-state index contributed by atoms with van der Waals surface area (Å²) in [6.07, 6.45) is 7.84. The summed E-state index contributed by atoms with van der Waals surface area (Å²) in [5.74, 6) is 0.800. The predicted molar refractivity (Wildman–Crippen MR) is 87.9 cm³/mol. The second-order valence-corrected chi connectivity index (χ2v) is 5.88.